The van der Waals surface area contributed by atoms with Gasteiger partial charge in [-0.3, -0.25) is 14.9 Å². The van der Waals surface area contributed by atoms with E-state index in [1.807, 2.05) is 47.4 Å². The lowest BCUT2D eigenvalue weighted by Gasteiger charge is -2.36. The molecule has 0 unspecified atom stereocenters. The predicted molar refractivity (Wildman–Crippen MR) is 118 cm³/mol. The number of hydrogen-bond donors (Lipinski definition) is 0. The van der Waals surface area contributed by atoms with Crippen molar-refractivity contribution in [2.45, 2.75) is 6.61 Å². The van der Waals surface area contributed by atoms with Crippen LogP contribution in [0.15, 0.2) is 78.9 Å². The second kappa shape index (κ2) is 9.30. The van der Waals surface area contributed by atoms with Crippen LogP contribution in [0, 0.1) is 10.1 Å². The van der Waals surface area contributed by atoms with Crippen LogP contribution in [0.1, 0.15) is 15.9 Å². The molecule has 1 fully saturated rings. The molecule has 0 spiro atoms. The van der Waals surface area contributed by atoms with Crippen LogP contribution in [-0.2, 0) is 6.61 Å². The molecule has 31 heavy (non-hydrogen) atoms. The van der Waals surface area contributed by atoms with E-state index in [-0.39, 0.29) is 11.6 Å². The Morgan fingerprint density at radius 3 is 2.29 bits per heavy atom. The predicted octanol–water partition coefficient (Wildman–Crippen LogP) is 4.14. The van der Waals surface area contributed by atoms with Crippen LogP contribution < -0.4 is 9.64 Å². The molecular weight excluding hydrogens is 394 g/mol. The van der Waals surface area contributed by atoms with Gasteiger partial charge in [0.15, 0.2) is 0 Å². The van der Waals surface area contributed by atoms with E-state index < -0.39 is 4.92 Å². The molecule has 0 saturated carbocycles. The fraction of sp³-hybridized carbons (Fsp3) is 0.208. The Hall–Kier alpha value is -3.87. The highest BCUT2D eigenvalue weighted by atomic mass is 16.6. The van der Waals surface area contributed by atoms with Gasteiger partial charge in [0.2, 0.25) is 0 Å². The van der Waals surface area contributed by atoms with Gasteiger partial charge in [0.25, 0.3) is 11.6 Å². The third kappa shape index (κ3) is 5.01. The summed E-state index contributed by atoms with van der Waals surface area (Å²) >= 11 is 0. The van der Waals surface area contributed by atoms with Crippen molar-refractivity contribution >= 4 is 17.3 Å². The van der Waals surface area contributed by atoms with E-state index in [0.717, 1.165) is 11.3 Å². The summed E-state index contributed by atoms with van der Waals surface area (Å²) in [5.74, 6) is 0.646. The zero-order valence-corrected chi connectivity index (χ0v) is 17.0. The minimum Gasteiger partial charge on any atom is -0.489 e. The van der Waals surface area contributed by atoms with E-state index in [4.69, 9.17) is 4.74 Å². The first-order valence-corrected chi connectivity index (χ1v) is 10.2. The second-order valence-electron chi connectivity index (χ2n) is 7.35. The fourth-order valence-corrected chi connectivity index (χ4v) is 3.60. The molecule has 1 heterocycles. The molecule has 1 aliphatic rings. The van der Waals surface area contributed by atoms with E-state index in [1.165, 1.54) is 12.1 Å². The van der Waals surface area contributed by atoms with Crippen molar-refractivity contribution in [1.82, 2.24) is 4.90 Å². The molecule has 7 nitrogen and oxygen atoms in total. The molecule has 3 aromatic rings. The van der Waals surface area contributed by atoms with E-state index in [1.54, 1.807) is 24.3 Å². The molecular formula is C24H23N3O4. The lowest BCUT2D eigenvalue weighted by atomic mass is 10.1. The summed E-state index contributed by atoms with van der Waals surface area (Å²) in [7, 11) is 0. The SMILES string of the molecule is O=C(c1cccc(OCc2ccccc2)c1)N1CCN(c2ccc([N+](=O)[O-])cc2)CC1. The molecule has 0 aromatic heterocycles. The molecule has 4 rings (SSSR count). The minimum atomic E-state index is -0.405. The maximum absolute atomic E-state index is 13.0. The van der Waals surface area contributed by atoms with Crippen molar-refractivity contribution < 1.29 is 14.5 Å². The van der Waals surface area contributed by atoms with Crippen molar-refractivity contribution in [3.05, 3.63) is 100 Å². The summed E-state index contributed by atoms with van der Waals surface area (Å²) in [5.41, 5.74) is 2.68. The van der Waals surface area contributed by atoms with E-state index in [9.17, 15) is 14.9 Å². The highest BCUT2D eigenvalue weighted by Crippen LogP contribution is 2.22. The molecule has 0 atom stereocenters. The Morgan fingerprint density at radius 1 is 0.903 bits per heavy atom. The van der Waals surface area contributed by atoms with Crippen molar-refractivity contribution in [3.8, 4) is 5.75 Å². The Labute approximate surface area is 180 Å². The van der Waals surface area contributed by atoms with Gasteiger partial charge in [0.1, 0.15) is 12.4 Å². The van der Waals surface area contributed by atoms with Gasteiger partial charge >= 0.3 is 0 Å². The van der Waals surface area contributed by atoms with E-state index in [0.29, 0.717) is 44.1 Å². The maximum atomic E-state index is 13.0. The Bertz CT molecular complexity index is 1050. The zero-order valence-electron chi connectivity index (χ0n) is 17.0. The smallest absolute Gasteiger partial charge is 0.269 e. The molecule has 1 amide bonds. The Kier molecular flexibility index (Phi) is 6.12. The number of carbonyl (C=O) groups excluding carboxylic acids is 1. The monoisotopic (exact) mass is 417 g/mol. The molecule has 1 saturated heterocycles. The first kappa shape index (κ1) is 20.4. The molecule has 0 bridgehead atoms. The van der Waals surface area contributed by atoms with Crippen LogP contribution in [0.3, 0.4) is 0 Å². The van der Waals surface area contributed by atoms with E-state index in [2.05, 4.69) is 4.90 Å². The van der Waals surface area contributed by atoms with Crippen LogP contribution >= 0.6 is 0 Å². The summed E-state index contributed by atoms with van der Waals surface area (Å²) in [5, 5.41) is 10.8. The Balaban J connectivity index is 1.34. The summed E-state index contributed by atoms with van der Waals surface area (Å²) < 4.78 is 5.84. The quantitative estimate of drug-likeness (QED) is 0.445. The number of anilines is 1. The van der Waals surface area contributed by atoms with Gasteiger partial charge in [-0.15, -0.1) is 0 Å². The van der Waals surface area contributed by atoms with E-state index >= 15 is 0 Å². The number of benzene rings is 3. The molecule has 3 aromatic carbocycles. The van der Waals surface area contributed by atoms with Gasteiger partial charge < -0.3 is 14.5 Å². The molecule has 0 aliphatic carbocycles. The normalized spacial score (nSPS) is 13.7. The number of rotatable bonds is 6. The van der Waals surface area contributed by atoms with Crippen LogP contribution in [0.4, 0.5) is 11.4 Å². The maximum Gasteiger partial charge on any atom is 0.269 e. The lowest BCUT2D eigenvalue weighted by Crippen LogP contribution is -2.48. The fourth-order valence-electron chi connectivity index (χ4n) is 3.60. The summed E-state index contributed by atoms with van der Waals surface area (Å²) in [4.78, 5) is 27.3. The number of nitrogens with zero attached hydrogens (tertiary/aromatic N) is 3. The topological polar surface area (TPSA) is 75.9 Å². The zero-order chi connectivity index (χ0) is 21.6. The molecule has 0 N–H and O–H groups in total. The van der Waals surface area contributed by atoms with Gasteiger partial charge in [-0.05, 0) is 35.9 Å². The first-order chi connectivity index (χ1) is 15.1. The average Bonchev–Trinajstić information content (AvgIpc) is 2.83. The highest BCUT2D eigenvalue weighted by Gasteiger charge is 2.23. The van der Waals surface area contributed by atoms with Gasteiger partial charge in [-0.25, -0.2) is 0 Å². The molecule has 158 valence electrons. The van der Waals surface area contributed by atoms with Crippen molar-refractivity contribution in [2.24, 2.45) is 0 Å². The van der Waals surface area contributed by atoms with Crippen LogP contribution in [-0.4, -0.2) is 41.9 Å². The highest BCUT2D eigenvalue weighted by molar-refractivity contribution is 5.94. The van der Waals surface area contributed by atoms with Gasteiger partial charge in [0.05, 0.1) is 4.92 Å². The first-order valence-electron chi connectivity index (χ1n) is 10.2. The minimum absolute atomic E-state index is 0.0199. The number of carbonyl (C=O) groups is 1. The number of piperazine rings is 1. The molecule has 1 aliphatic heterocycles. The number of nitro groups is 1. The number of ether oxygens (including phenoxy) is 1. The number of hydrogen-bond acceptors (Lipinski definition) is 5. The summed E-state index contributed by atoms with van der Waals surface area (Å²) in [6.45, 7) is 2.98. The van der Waals surface area contributed by atoms with Gasteiger partial charge in [-0.1, -0.05) is 36.4 Å². The number of amides is 1. The van der Waals surface area contributed by atoms with Crippen LogP contribution in [0.25, 0.3) is 0 Å². The number of non-ortho nitro benzene ring substituents is 1. The Morgan fingerprint density at radius 2 is 1.61 bits per heavy atom. The number of nitro benzene ring substituents is 1. The summed E-state index contributed by atoms with van der Waals surface area (Å²) in [6, 6.07) is 23.7. The summed E-state index contributed by atoms with van der Waals surface area (Å²) in [6.07, 6.45) is 0. The molecule has 0 radical (unpaired) electrons. The lowest BCUT2D eigenvalue weighted by molar-refractivity contribution is -0.384. The van der Waals surface area contributed by atoms with Gasteiger partial charge in [-0.2, -0.15) is 0 Å². The third-order valence-corrected chi connectivity index (χ3v) is 5.32. The van der Waals surface area contributed by atoms with Crippen molar-refractivity contribution in [1.29, 1.82) is 0 Å². The van der Waals surface area contributed by atoms with Crippen molar-refractivity contribution in [2.75, 3.05) is 31.1 Å². The van der Waals surface area contributed by atoms with Gasteiger partial charge in [0, 0.05) is 49.6 Å². The largest absolute Gasteiger partial charge is 0.489 e. The van der Waals surface area contributed by atoms with Crippen LogP contribution in [0.2, 0.25) is 0 Å². The molecule has 7 heteroatoms. The average molecular weight is 417 g/mol. The second-order valence-corrected chi connectivity index (χ2v) is 7.35. The standard InChI is InChI=1S/C24H23N3O4/c28-24(20-7-4-8-23(17-20)31-18-19-5-2-1-3-6-19)26-15-13-25(14-16-26)21-9-11-22(12-10-21)27(29)30/h1-12,17H,13-16,18H2. The van der Waals surface area contributed by atoms with Crippen LogP contribution in [0.5, 0.6) is 5.75 Å². The van der Waals surface area contributed by atoms with Crippen molar-refractivity contribution in [3.63, 3.8) is 0 Å². The third-order valence-electron chi connectivity index (χ3n) is 5.32.